The van der Waals surface area contributed by atoms with Crippen LogP contribution in [-0.2, 0) is 24.9 Å². The number of hydrogen-bond acceptors (Lipinski definition) is 8. The number of rotatable bonds is 9. The van der Waals surface area contributed by atoms with Gasteiger partial charge < -0.3 is 24.1 Å². The van der Waals surface area contributed by atoms with E-state index in [-0.39, 0.29) is 29.9 Å². The summed E-state index contributed by atoms with van der Waals surface area (Å²) in [6.07, 6.45) is 1.96. The topological polar surface area (TPSA) is 114 Å². The van der Waals surface area contributed by atoms with Gasteiger partial charge in [0, 0.05) is 0 Å². The molecule has 2 heterocycles. The molecule has 0 radical (unpaired) electrons. The van der Waals surface area contributed by atoms with Crippen LogP contribution in [0.5, 0.6) is 0 Å². The molecule has 1 fully saturated rings. The maximum Gasteiger partial charge on any atom is 0.356 e. The van der Waals surface area contributed by atoms with Gasteiger partial charge in [0.15, 0.2) is 5.65 Å². The highest BCUT2D eigenvalue weighted by molar-refractivity contribution is 14.1. The van der Waals surface area contributed by atoms with Crippen LogP contribution in [0.2, 0.25) is 0 Å². The molecule has 0 amide bonds. The van der Waals surface area contributed by atoms with Crippen molar-refractivity contribution in [3.05, 3.63) is 10.0 Å². The summed E-state index contributed by atoms with van der Waals surface area (Å²) >= 11 is 2.10. The van der Waals surface area contributed by atoms with E-state index >= 15 is 0 Å². The zero-order chi connectivity index (χ0) is 21.6. The second-order valence-corrected chi connectivity index (χ2v) is 11.6. The molecule has 1 saturated carbocycles. The fraction of sp³-hybridized carbons (Fsp3) is 0.722. The van der Waals surface area contributed by atoms with Gasteiger partial charge in [-0.15, -0.1) is 0 Å². The minimum atomic E-state index is -3.39. The lowest BCUT2D eigenvalue weighted by Gasteiger charge is -2.27. The molecule has 2 aromatic heterocycles. The fourth-order valence-corrected chi connectivity index (χ4v) is 5.97. The van der Waals surface area contributed by atoms with Crippen molar-refractivity contribution in [1.82, 2.24) is 19.5 Å². The number of anilines is 1. The van der Waals surface area contributed by atoms with Crippen molar-refractivity contribution in [2.75, 3.05) is 12.1 Å². The maximum atomic E-state index is 13.2. The van der Waals surface area contributed by atoms with Crippen molar-refractivity contribution in [2.45, 2.75) is 72.3 Å². The Balaban J connectivity index is 1.84. The van der Waals surface area contributed by atoms with E-state index in [0.29, 0.717) is 21.4 Å². The average molecular weight is 537 g/mol. The Morgan fingerprint density at radius 2 is 1.83 bits per heavy atom. The van der Waals surface area contributed by atoms with Gasteiger partial charge in [-0.3, -0.25) is 4.57 Å². The maximum absolute atomic E-state index is 13.2. The molecule has 162 valence electrons. The van der Waals surface area contributed by atoms with Crippen LogP contribution in [0, 0.1) is 9.12 Å². The minimum Gasteiger partial charge on any atom is -0.368 e. The van der Waals surface area contributed by atoms with E-state index in [1.54, 1.807) is 6.33 Å². The van der Waals surface area contributed by atoms with E-state index < -0.39 is 13.2 Å². The first kappa shape index (κ1) is 22.9. The van der Waals surface area contributed by atoms with Crippen LogP contribution in [0.1, 0.15) is 48.0 Å². The normalized spacial score (nSPS) is 21.4. The molecule has 0 unspecified atom stereocenters. The van der Waals surface area contributed by atoms with E-state index in [1.165, 1.54) is 0 Å². The number of nitrogens with two attached hydrogens (primary N) is 1. The van der Waals surface area contributed by atoms with E-state index in [2.05, 4.69) is 51.4 Å². The smallest absolute Gasteiger partial charge is 0.356 e. The largest absolute Gasteiger partial charge is 0.368 e. The van der Waals surface area contributed by atoms with Crippen molar-refractivity contribution >= 4 is 47.3 Å². The molecule has 0 saturated heterocycles. The first-order valence-corrected chi connectivity index (χ1v) is 12.4. The molecule has 1 aliphatic rings. The van der Waals surface area contributed by atoms with Crippen molar-refractivity contribution in [3.63, 3.8) is 0 Å². The number of aromatic nitrogens is 4. The Bertz CT molecular complexity index is 934. The number of nitrogens with zero attached hydrogens (tertiary/aromatic N) is 4. The summed E-state index contributed by atoms with van der Waals surface area (Å²) in [7, 11) is -3.39. The standard InChI is InChI=1S/C18H29IN5O4P/c1-11(2)27-29(25,28-12(3)4)10-26-18(7-17(18,5)6)8-24-9-21-13-14(19)22-16(20)23-15(13)24/h9,11-12H,7-8,10H2,1-6H3,(H2,20,22,23)/t18-/m0/s1. The van der Waals surface area contributed by atoms with Crippen molar-refractivity contribution in [1.29, 1.82) is 0 Å². The van der Waals surface area contributed by atoms with Crippen LogP contribution in [0.3, 0.4) is 0 Å². The molecule has 9 nitrogen and oxygen atoms in total. The first-order valence-electron chi connectivity index (χ1n) is 9.60. The van der Waals surface area contributed by atoms with Gasteiger partial charge in [-0.05, 0) is 62.1 Å². The van der Waals surface area contributed by atoms with Gasteiger partial charge in [0.1, 0.15) is 15.6 Å². The molecule has 1 atom stereocenters. The summed E-state index contributed by atoms with van der Waals surface area (Å²) in [4.78, 5) is 12.9. The highest BCUT2D eigenvalue weighted by Gasteiger charge is 2.63. The predicted molar refractivity (Wildman–Crippen MR) is 120 cm³/mol. The monoisotopic (exact) mass is 537 g/mol. The Morgan fingerprint density at radius 1 is 1.24 bits per heavy atom. The molecule has 29 heavy (non-hydrogen) atoms. The zero-order valence-corrected chi connectivity index (χ0v) is 20.7. The predicted octanol–water partition coefficient (Wildman–Crippen LogP) is 4.20. The number of ether oxygens (including phenoxy) is 1. The van der Waals surface area contributed by atoms with Crippen LogP contribution in [-0.4, -0.2) is 43.7 Å². The van der Waals surface area contributed by atoms with E-state index in [1.807, 2.05) is 32.3 Å². The Hall–Kier alpha value is -0.810. The summed E-state index contributed by atoms with van der Waals surface area (Å²) in [5.41, 5.74) is 6.56. The molecule has 0 bridgehead atoms. The molecule has 1 aliphatic carbocycles. The molecule has 0 spiro atoms. The second-order valence-electron chi connectivity index (χ2n) is 8.66. The minimum absolute atomic E-state index is 0.101. The third-order valence-electron chi connectivity index (χ3n) is 4.94. The van der Waals surface area contributed by atoms with E-state index in [4.69, 9.17) is 19.5 Å². The van der Waals surface area contributed by atoms with Gasteiger partial charge in [-0.2, -0.15) is 4.98 Å². The van der Waals surface area contributed by atoms with Gasteiger partial charge in [-0.1, -0.05) is 13.8 Å². The van der Waals surface area contributed by atoms with Crippen LogP contribution in [0.25, 0.3) is 11.2 Å². The quantitative estimate of drug-likeness (QED) is 0.288. The van der Waals surface area contributed by atoms with E-state index in [0.717, 1.165) is 6.42 Å². The summed E-state index contributed by atoms with van der Waals surface area (Å²) in [5, 5.41) is 0. The van der Waals surface area contributed by atoms with Gasteiger partial charge in [0.05, 0.1) is 30.7 Å². The average Bonchev–Trinajstić information content (AvgIpc) is 2.87. The van der Waals surface area contributed by atoms with Gasteiger partial charge in [0.25, 0.3) is 0 Å². The van der Waals surface area contributed by atoms with Crippen molar-refractivity contribution < 1.29 is 18.3 Å². The van der Waals surface area contributed by atoms with Crippen molar-refractivity contribution in [2.24, 2.45) is 5.41 Å². The summed E-state index contributed by atoms with van der Waals surface area (Å²) < 4.78 is 33.3. The Kier molecular flexibility index (Phi) is 6.33. The molecule has 2 N–H and O–H groups in total. The molecule has 3 rings (SSSR count). The summed E-state index contributed by atoms with van der Waals surface area (Å²) in [6, 6.07) is 0. The zero-order valence-electron chi connectivity index (χ0n) is 17.7. The van der Waals surface area contributed by atoms with Gasteiger partial charge in [0.2, 0.25) is 5.95 Å². The van der Waals surface area contributed by atoms with Crippen LogP contribution >= 0.6 is 30.2 Å². The number of hydrogen-bond donors (Lipinski definition) is 1. The highest BCUT2D eigenvalue weighted by atomic mass is 127. The molecular weight excluding hydrogens is 508 g/mol. The molecule has 0 aromatic carbocycles. The Labute approximate surface area is 184 Å². The van der Waals surface area contributed by atoms with Crippen LogP contribution in [0.15, 0.2) is 6.33 Å². The fourth-order valence-electron chi connectivity index (χ4n) is 3.48. The molecule has 2 aromatic rings. The summed E-state index contributed by atoms with van der Waals surface area (Å²) in [5.74, 6) is 0.203. The number of nitrogen functional groups attached to an aromatic ring is 1. The third kappa shape index (κ3) is 4.92. The van der Waals surface area contributed by atoms with Crippen LogP contribution in [0.4, 0.5) is 5.95 Å². The third-order valence-corrected chi connectivity index (χ3v) is 7.63. The van der Waals surface area contributed by atoms with Gasteiger partial charge in [-0.25, -0.2) is 9.97 Å². The molecule has 0 aliphatic heterocycles. The molecule has 11 heteroatoms. The molecular formula is C18H29IN5O4P. The number of halogens is 1. The lowest BCUT2D eigenvalue weighted by Crippen LogP contribution is -2.29. The van der Waals surface area contributed by atoms with Crippen LogP contribution < -0.4 is 5.73 Å². The Morgan fingerprint density at radius 3 is 2.34 bits per heavy atom. The first-order chi connectivity index (χ1) is 13.4. The highest BCUT2D eigenvalue weighted by Crippen LogP contribution is 2.62. The lowest BCUT2D eigenvalue weighted by atomic mass is 10.1. The second kappa shape index (κ2) is 8.03. The number of imidazole rings is 1. The van der Waals surface area contributed by atoms with Crippen molar-refractivity contribution in [3.8, 4) is 0 Å². The number of fused-ring (bicyclic) bond motifs is 1. The van der Waals surface area contributed by atoms with Gasteiger partial charge >= 0.3 is 7.60 Å². The SMILES string of the molecule is CC(C)OP(=O)(CO[C@]1(Cn2cnc3c(I)nc(N)nc32)CC1(C)C)OC(C)C. The van der Waals surface area contributed by atoms with E-state index in [9.17, 15) is 4.57 Å². The summed E-state index contributed by atoms with van der Waals surface area (Å²) in [6.45, 7) is 12.1. The lowest BCUT2D eigenvalue weighted by molar-refractivity contribution is 0.00450.